The van der Waals surface area contributed by atoms with Crippen molar-refractivity contribution in [2.75, 3.05) is 20.8 Å². The van der Waals surface area contributed by atoms with Crippen molar-refractivity contribution in [3.63, 3.8) is 0 Å². The van der Waals surface area contributed by atoms with Crippen molar-refractivity contribution in [3.05, 3.63) is 163 Å². The number of hydrogen-bond acceptors (Lipinski definition) is 12. The molecule has 5 aromatic rings. The maximum absolute atomic E-state index is 14.9. The van der Waals surface area contributed by atoms with E-state index in [0.717, 1.165) is 17.7 Å². The van der Waals surface area contributed by atoms with Crippen molar-refractivity contribution in [1.29, 1.82) is 0 Å². The van der Waals surface area contributed by atoms with Crippen LogP contribution in [0.25, 0.3) is 0 Å². The Labute approximate surface area is 334 Å². The summed E-state index contributed by atoms with van der Waals surface area (Å²) in [6.45, 7) is 5.94. The average molecular weight is 814 g/mol. The van der Waals surface area contributed by atoms with E-state index in [1.165, 1.54) is 29.8 Å². The fourth-order valence-corrected chi connectivity index (χ4v) is 8.70. The highest BCUT2D eigenvalue weighted by Gasteiger charge is 2.50. The van der Waals surface area contributed by atoms with Gasteiger partial charge in [-0.05, 0) is 60.0 Å². The van der Waals surface area contributed by atoms with Crippen LogP contribution in [0, 0.1) is 22.5 Å². The lowest BCUT2D eigenvalue weighted by atomic mass is 9.80. The number of ether oxygens (including phenoxy) is 4. The van der Waals surface area contributed by atoms with Gasteiger partial charge in [0.2, 0.25) is 0 Å². The highest BCUT2D eigenvalue weighted by molar-refractivity contribution is 7.72. The van der Waals surface area contributed by atoms with Gasteiger partial charge in [-0.2, -0.15) is 0 Å². The highest BCUT2D eigenvalue weighted by atomic mass is 31.2. The molecule has 15 nitrogen and oxygen atoms in total. The van der Waals surface area contributed by atoms with Gasteiger partial charge in [0.1, 0.15) is 41.3 Å². The first-order chi connectivity index (χ1) is 27.6. The molecule has 0 bridgehead atoms. The smallest absolute Gasteiger partial charge is 0.447 e. The van der Waals surface area contributed by atoms with Crippen LogP contribution >= 0.6 is 7.60 Å². The number of nitrogens with one attached hydrogen (secondary N) is 1. The number of benzene rings is 4. The number of carbonyl (C=O) groups is 1. The predicted molar refractivity (Wildman–Crippen MR) is 214 cm³/mol. The number of carbonyl (C=O) groups excluding carboxylic acids is 1. The summed E-state index contributed by atoms with van der Waals surface area (Å²) >= 11 is 0. The second kappa shape index (κ2) is 16.9. The molecule has 1 fully saturated rings. The van der Waals surface area contributed by atoms with Gasteiger partial charge in [0.05, 0.1) is 25.7 Å². The molecule has 4 atom stereocenters. The SMILES string of the molecule is COc1ccc(C(OC[C@H]2O[C@@H](n3cc(C)c(=O)[nH]c3=O)C[C@@H]2OP(=O)(Oc2ccc([N+](=O)[O-])cc2)C(=O)C(C)(C)C)(c2ccccc2)c2ccc(OC)cc2)cc1. The van der Waals surface area contributed by atoms with Crippen LogP contribution in [0.2, 0.25) is 0 Å². The molecule has 1 aliphatic rings. The van der Waals surface area contributed by atoms with Crippen molar-refractivity contribution >= 4 is 18.8 Å². The summed E-state index contributed by atoms with van der Waals surface area (Å²) in [4.78, 5) is 52.5. The van der Waals surface area contributed by atoms with Crippen molar-refractivity contribution < 1.29 is 42.3 Å². The predicted octanol–water partition coefficient (Wildman–Crippen LogP) is 7.30. The Kier molecular flexibility index (Phi) is 12.2. The molecule has 0 spiro atoms. The number of H-pyrrole nitrogens is 1. The maximum Gasteiger partial charge on any atom is 0.447 e. The molecular weight excluding hydrogens is 769 g/mol. The van der Waals surface area contributed by atoms with Gasteiger partial charge in [-0.3, -0.25) is 33.8 Å². The molecule has 1 N–H and O–H groups in total. The van der Waals surface area contributed by atoms with Crippen LogP contribution in [-0.2, 0) is 29.0 Å². The van der Waals surface area contributed by atoms with E-state index in [4.69, 9.17) is 28.0 Å². The summed E-state index contributed by atoms with van der Waals surface area (Å²) in [6.07, 6.45) is -2.17. The van der Waals surface area contributed by atoms with Gasteiger partial charge in [-0.15, -0.1) is 0 Å². The van der Waals surface area contributed by atoms with Gasteiger partial charge >= 0.3 is 13.3 Å². The van der Waals surface area contributed by atoms with Crippen LogP contribution in [0.1, 0.15) is 55.7 Å². The average Bonchev–Trinajstić information content (AvgIpc) is 3.61. The molecule has 1 saturated heterocycles. The Bertz CT molecular complexity index is 2360. The molecule has 58 heavy (non-hydrogen) atoms. The number of nitrogens with zero attached hydrogens (tertiary/aromatic N) is 2. The maximum atomic E-state index is 14.9. The minimum Gasteiger partial charge on any atom is -0.497 e. The van der Waals surface area contributed by atoms with E-state index in [0.29, 0.717) is 22.6 Å². The lowest BCUT2D eigenvalue weighted by Gasteiger charge is -2.37. The standard InChI is InChI=1S/C42H44N3O12P/c1-27-25-44(40(48)43-38(27)46)37-24-35(57-58(51,39(47)41(2,3)4)56-34-22-16-31(17-23-34)45(49)50)36(55-37)26-54-42(28-10-8-7-9-11-28,29-12-18-32(52-5)19-13-29)30-14-20-33(53-6)21-15-30/h7-23,25,35-37H,24,26H2,1-6H3,(H,43,46,48)/t35-,36+,37+,58?/m0/s1. The molecule has 4 aromatic carbocycles. The molecule has 0 amide bonds. The van der Waals surface area contributed by atoms with Gasteiger partial charge in [-0.25, -0.2) is 9.36 Å². The third-order valence-corrected chi connectivity index (χ3v) is 11.9. The molecule has 1 aliphatic heterocycles. The van der Waals surface area contributed by atoms with Crippen molar-refractivity contribution in [3.8, 4) is 17.2 Å². The zero-order valence-corrected chi connectivity index (χ0v) is 33.7. The fourth-order valence-electron chi connectivity index (χ4n) is 6.68. The van der Waals surface area contributed by atoms with Crippen LogP contribution in [0.4, 0.5) is 5.69 Å². The number of non-ortho nitro benzene ring substituents is 1. The number of nitro benzene ring substituents is 1. The molecule has 1 unspecified atom stereocenters. The second-order valence-corrected chi connectivity index (χ2v) is 16.5. The van der Waals surface area contributed by atoms with E-state index in [-0.39, 0.29) is 30.0 Å². The van der Waals surface area contributed by atoms with Gasteiger partial charge < -0.3 is 23.5 Å². The summed E-state index contributed by atoms with van der Waals surface area (Å²) in [7, 11) is -1.67. The second-order valence-electron chi connectivity index (χ2n) is 14.7. The molecule has 6 rings (SSSR count). The summed E-state index contributed by atoms with van der Waals surface area (Å²) in [5.74, 6) is 1.12. The largest absolute Gasteiger partial charge is 0.497 e. The van der Waals surface area contributed by atoms with Crippen LogP contribution in [0.5, 0.6) is 17.2 Å². The van der Waals surface area contributed by atoms with Crippen molar-refractivity contribution in [2.24, 2.45) is 5.41 Å². The van der Waals surface area contributed by atoms with Crippen molar-refractivity contribution in [1.82, 2.24) is 9.55 Å². The number of aromatic amines is 1. The van der Waals surface area contributed by atoms with Gasteiger partial charge in [-0.1, -0.05) is 75.4 Å². The number of nitro groups is 1. The van der Waals surface area contributed by atoms with E-state index in [1.54, 1.807) is 35.0 Å². The van der Waals surface area contributed by atoms with Gasteiger partial charge in [0.15, 0.2) is 0 Å². The third-order valence-electron chi connectivity index (χ3n) is 9.71. The monoisotopic (exact) mass is 813 g/mol. The highest BCUT2D eigenvalue weighted by Crippen LogP contribution is 2.57. The number of rotatable bonds is 15. The molecule has 16 heteroatoms. The summed E-state index contributed by atoms with van der Waals surface area (Å²) < 4.78 is 52.8. The lowest BCUT2D eigenvalue weighted by molar-refractivity contribution is -0.384. The summed E-state index contributed by atoms with van der Waals surface area (Å²) in [5.41, 5.74) is -2.62. The molecule has 0 radical (unpaired) electrons. The zero-order chi connectivity index (χ0) is 41.8. The normalized spacial score (nSPS) is 17.9. The van der Waals surface area contributed by atoms with E-state index in [2.05, 4.69) is 4.98 Å². The summed E-state index contributed by atoms with van der Waals surface area (Å²) in [6, 6.07) is 28.9. The quantitative estimate of drug-likeness (QED) is 0.0482. The fraction of sp³-hybridized carbons (Fsp3) is 0.310. The Balaban J connectivity index is 1.46. The van der Waals surface area contributed by atoms with Crippen LogP contribution in [0.15, 0.2) is 119 Å². The molecule has 0 aliphatic carbocycles. The lowest BCUT2D eigenvalue weighted by Crippen LogP contribution is -2.39. The number of aromatic nitrogens is 2. The molecule has 2 heterocycles. The van der Waals surface area contributed by atoms with E-state index < -0.39 is 58.7 Å². The van der Waals surface area contributed by atoms with Gasteiger partial charge in [0, 0.05) is 35.7 Å². The molecule has 304 valence electrons. The first-order valence-electron chi connectivity index (χ1n) is 18.3. The molecular formula is C42H44N3O12P. The minimum absolute atomic E-state index is 0.107. The number of aryl methyl sites for hydroxylation is 1. The molecule has 0 saturated carbocycles. The Hall–Kier alpha value is -5.86. The zero-order valence-electron chi connectivity index (χ0n) is 32.8. The minimum atomic E-state index is -4.80. The number of hydrogen-bond donors (Lipinski definition) is 1. The Morgan fingerprint density at radius 2 is 1.40 bits per heavy atom. The molecule has 1 aromatic heterocycles. The first-order valence-corrected chi connectivity index (χ1v) is 19.9. The summed E-state index contributed by atoms with van der Waals surface area (Å²) in [5, 5.41) is 11.3. The van der Waals surface area contributed by atoms with E-state index >= 15 is 0 Å². The van der Waals surface area contributed by atoms with Crippen molar-refractivity contribution in [2.45, 2.75) is 58.2 Å². The Morgan fingerprint density at radius 1 is 0.862 bits per heavy atom. The van der Waals surface area contributed by atoms with E-state index in [1.807, 2.05) is 78.9 Å². The Morgan fingerprint density at radius 3 is 1.91 bits per heavy atom. The van der Waals surface area contributed by atoms with Crippen LogP contribution in [-0.4, -0.2) is 53.0 Å². The number of methoxy groups -OCH3 is 2. The van der Waals surface area contributed by atoms with Crippen LogP contribution in [0.3, 0.4) is 0 Å². The third kappa shape index (κ3) is 8.67. The first kappa shape index (κ1) is 41.8. The van der Waals surface area contributed by atoms with Crippen LogP contribution < -0.4 is 25.2 Å². The van der Waals surface area contributed by atoms with E-state index in [9.17, 15) is 29.1 Å². The topological polar surface area (TPSA) is 188 Å². The van der Waals surface area contributed by atoms with Gasteiger partial charge in [0.25, 0.3) is 16.8 Å².